The van der Waals surface area contributed by atoms with Gasteiger partial charge in [-0.05, 0) is 77.5 Å². The van der Waals surface area contributed by atoms with Crippen LogP contribution in [0.1, 0.15) is 21.5 Å². The summed E-state index contributed by atoms with van der Waals surface area (Å²) in [5.74, 6) is -0.978. The SMILES string of the molecule is COc1ccc(N=C2S/C(=C\c3cccc(F)c3)C(=O)N2Cc2ccc(C(=O)O)cc2)cc1. The Morgan fingerprint density at radius 1 is 1.12 bits per heavy atom. The molecule has 1 aliphatic rings. The fourth-order valence-electron chi connectivity index (χ4n) is 3.18. The molecule has 1 fully saturated rings. The van der Waals surface area contributed by atoms with Crippen LogP contribution >= 0.6 is 11.8 Å². The topological polar surface area (TPSA) is 79.2 Å². The highest BCUT2D eigenvalue weighted by atomic mass is 32.2. The van der Waals surface area contributed by atoms with E-state index >= 15 is 0 Å². The average molecular weight is 463 g/mol. The number of amidine groups is 1. The number of carbonyl (C=O) groups excluding carboxylic acids is 1. The van der Waals surface area contributed by atoms with Crippen LogP contribution in [0.2, 0.25) is 0 Å². The molecule has 0 atom stereocenters. The van der Waals surface area contributed by atoms with Gasteiger partial charge in [0.25, 0.3) is 5.91 Å². The summed E-state index contributed by atoms with van der Waals surface area (Å²) < 4.78 is 18.8. The zero-order valence-electron chi connectivity index (χ0n) is 17.6. The van der Waals surface area contributed by atoms with Crippen LogP contribution in [0.3, 0.4) is 0 Å². The number of ether oxygens (including phenoxy) is 1. The molecule has 0 saturated carbocycles. The lowest BCUT2D eigenvalue weighted by molar-refractivity contribution is -0.122. The molecule has 8 heteroatoms. The minimum Gasteiger partial charge on any atom is -0.497 e. The van der Waals surface area contributed by atoms with Gasteiger partial charge in [0.15, 0.2) is 5.17 Å². The molecule has 6 nitrogen and oxygen atoms in total. The van der Waals surface area contributed by atoms with Crippen molar-refractivity contribution in [2.45, 2.75) is 6.54 Å². The lowest BCUT2D eigenvalue weighted by atomic mass is 10.1. The molecule has 1 heterocycles. The monoisotopic (exact) mass is 462 g/mol. The number of hydrogen-bond acceptors (Lipinski definition) is 5. The lowest BCUT2D eigenvalue weighted by Gasteiger charge is -2.16. The highest BCUT2D eigenvalue weighted by molar-refractivity contribution is 8.18. The second-order valence-electron chi connectivity index (χ2n) is 7.15. The highest BCUT2D eigenvalue weighted by Crippen LogP contribution is 2.35. The fraction of sp³-hybridized carbons (Fsp3) is 0.0800. The first-order valence-electron chi connectivity index (χ1n) is 9.95. The molecular formula is C25H19FN2O4S. The molecule has 0 unspecified atom stereocenters. The Kier molecular flexibility index (Phi) is 6.55. The number of aliphatic imine (C=N–C) groups is 1. The van der Waals surface area contributed by atoms with Gasteiger partial charge in [-0.1, -0.05) is 24.3 Å². The van der Waals surface area contributed by atoms with Crippen molar-refractivity contribution in [3.63, 3.8) is 0 Å². The number of benzene rings is 3. The predicted molar refractivity (Wildman–Crippen MR) is 126 cm³/mol. The van der Waals surface area contributed by atoms with Crippen LogP contribution in [-0.4, -0.2) is 34.2 Å². The number of hydrogen-bond donors (Lipinski definition) is 1. The van der Waals surface area contributed by atoms with Gasteiger partial charge in [-0.25, -0.2) is 14.2 Å². The first-order valence-corrected chi connectivity index (χ1v) is 10.8. The third-order valence-electron chi connectivity index (χ3n) is 4.87. The van der Waals surface area contributed by atoms with E-state index in [0.29, 0.717) is 27.1 Å². The maximum absolute atomic E-state index is 13.6. The Morgan fingerprint density at radius 2 is 1.85 bits per heavy atom. The summed E-state index contributed by atoms with van der Waals surface area (Å²) >= 11 is 1.20. The largest absolute Gasteiger partial charge is 0.497 e. The van der Waals surface area contributed by atoms with Crippen molar-refractivity contribution in [3.8, 4) is 5.75 Å². The molecule has 0 spiro atoms. The summed E-state index contributed by atoms with van der Waals surface area (Å²) in [6, 6.07) is 19.4. The summed E-state index contributed by atoms with van der Waals surface area (Å²) in [6.45, 7) is 0.210. The molecule has 0 aliphatic carbocycles. The smallest absolute Gasteiger partial charge is 0.335 e. The molecule has 0 radical (unpaired) electrons. The van der Waals surface area contributed by atoms with Gasteiger partial charge in [0, 0.05) is 0 Å². The summed E-state index contributed by atoms with van der Waals surface area (Å²) in [5.41, 5.74) is 2.13. The molecule has 1 saturated heterocycles. The molecule has 1 aliphatic heterocycles. The van der Waals surface area contributed by atoms with E-state index in [2.05, 4.69) is 4.99 Å². The molecule has 3 aromatic rings. The van der Waals surface area contributed by atoms with Crippen LogP contribution in [0.4, 0.5) is 10.1 Å². The van der Waals surface area contributed by atoms with E-state index in [-0.39, 0.29) is 23.8 Å². The number of thioether (sulfide) groups is 1. The van der Waals surface area contributed by atoms with Crippen molar-refractivity contribution in [1.29, 1.82) is 0 Å². The van der Waals surface area contributed by atoms with Gasteiger partial charge in [-0.2, -0.15) is 0 Å². The number of nitrogens with zero attached hydrogens (tertiary/aromatic N) is 2. The van der Waals surface area contributed by atoms with Crippen molar-refractivity contribution >= 4 is 40.6 Å². The Balaban J connectivity index is 1.68. The van der Waals surface area contributed by atoms with E-state index in [1.54, 1.807) is 61.7 Å². The van der Waals surface area contributed by atoms with E-state index in [1.165, 1.54) is 40.9 Å². The molecule has 0 aromatic heterocycles. The number of carboxylic acids is 1. The minimum atomic E-state index is -1.02. The van der Waals surface area contributed by atoms with Gasteiger partial charge in [0.1, 0.15) is 11.6 Å². The number of carboxylic acid groups (broad SMARTS) is 1. The zero-order valence-corrected chi connectivity index (χ0v) is 18.4. The van der Waals surface area contributed by atoms with Gasteiger partial charge in [-0.3, -0.25) is 9.69 Å². The molecule has 166 valence electrons. The number of halogens is 1. The molecule has 3 aromatic carbocycles. The van der Waals surface area contributed by atoms with Crippen LogP contribution in [0.25, 0.3) is 6.08 Å². The van der Waals surface area contributed by atoms with Crippen molar-refractivity contribution < 1.29 is 23.8 Å². The van der Waals surface area contributed by atoms with Crippen molar-refractivity contribution in [3.05, 3.63) is 100 Å². The summed E-state index contributed by atoms with van der Waals surface area (Å²) in [5, 5.41) is 9.58. The van der Waals surface area contributed by atoms with Crippen LogP contribution < -0.4 is 4.74 Å². The van der Waals surface area contributed by atoms with Crippen LogP contribution in [-0.2, 0) is 11.3 Å². The number of methoxy groups -OCH3 is 1. The lowest BCUT2D eigenvalue weighted by Crippen LogP contribution is -2.28. The fourth-order valence-corrected chi connectivity index (χ4v) is 4.18. The highest BCUT2D eigenvalue weighted by Gasteiger charge is 2.33. The van der Waals surface area contributed by atoms with E-state index in [9.17, 15) is 14.0 Å². The second kappa shape index (κ2) is 9.70. The normalized spacial score (nSPS) is 15.9. The minimum absolute atomic E-state index is 0.166. The van der Waals surface area contributed by atoms with E-state index in [4.69, 9.17) is 9.84 Å². The third kappa shape index (κ3) is 5.30. The quantitative estimate of drug-likeness (QED) is 0.501. The van der Waals surface area contributed by atoms with E-state index in [1.807, 2.05) is 0 Å². The van der Waals surface area contributed by atoms with Crippen LogP contribution in [0.5, 0.6) is 5.75 Å². The summed E-state index contributed by atoms with van der Waals surface area (Å²) in [6.07, 6.45) is 1.63. The number of aromatic carboxylic acids is 1. The molecule has 4 rings (SSSR count). The molecule has 0 bridgehead atoms. The van der Waals surface area contributed by atoms with Crippen molar-refractivity contribution in [2.24, 2.45) is 4.99 Å². The maximum atomic E-state index is 13.6. The number of carbonyl (C=O) groups is 2. The van der Waals surface area contributed by atoms with Gasteiger partial charge < -0.3 is 9.84 Å². The third-order valence-corrected chi connectivity index (χ3v) is 5.88. The van der Waals surface area contributed by atoms with Gasteiger partial charge in [0.2, 0.25) is 0 Å². The van der Waals surface area contributed by atoms with Crippen molar-refractivity contribution in [1.82, 2.24) is 4.90 Å². The summed E-state index contributed by atoms with van der Waals surface area (Å²) in [7, 11) is 1.58. The van der Waals surface area contributed by atoms with Crippen LogP contribution in [0, 0.1) is 5.82 Å². The standard InChI is InChI=1S/C25H19FN2O4S/c1-32-21-11-9-20(10-12-21)27-25-28(15-16-5-7-18(8-6-16)24(30)31)23(29)22(33-25)14-17-3-2-4-19(26)13-17/h2-14H,15H2,1H3,(H,30,31)/b22-14-,27-25?. The van der Waals surface area contributed by atoms with E-state index in [0.717, 1.165) is 5.56 Å². The molecule has 1 N–H and O–H groups in total. The van der Waals surface area contributed by atoms with Gasteiger partial charge in [-0.15, -0.1) is 0 Å². The second-order valence-corrected chi connectivity index (χ2v) is 8.16. The maximum Gasteiger partial charge on any atom is 0.335 e. The first-order chi connectivity index (χ1) is 15.9. The Morgan fingerprint density at radius 3 is 2.48 bits per heavy atom. The van der Waals surface area contributed by atoms with Crippen LogP contribution in [0.15, 0.2) is 82.7 Å². The average Bonchev–Trinajstić information content (AvgIpc) is 3.08. The van der Waals surface area contributed by atoms with Crippen molar-refractivity contribution in [2.75, 3.05) is 7.11 Å². The van der Waals surface area contributed by atoms with E-state index < -0.39 is 5.97 Å². The molecular weight excluding hydrogens is 443 g/mol. The molecule has 33 heavy (non-hydrogen) atoms. The zero-order chi connectivity index (χ0) is 23.4. The Bertz CT molecular complexity index is 1250. The van der Waals surface area contributed by atoms with Gasteiger partial charge in [0.05, 0.1) is 29.8 Å². The van der Waals surface area contributed by atoms with Gasteiger partial charge >= 0.3 is 5.97 Å². The predicted octanol–water partition coefficient (Wildman–Crippen LogP) is 5.34. The molecule has 1 amide bonds. The summed E-state index contributed by atoms with van der Waals surface area (Å²) in [4.78, 5) is 30.9. The number of amides is 1. The first kappa shape index (κ1) is 22.3. The Hall–Kier alpha value is -3.91. The number of rotatable bonds is 6. The Labute approximate surface area is 194 Å².